The number of ether oxygens (including phenoxy) is 4. The molecule has 8 nitrogen and oxygen atoms in total. The Morgan fingerprint density at radius 1 is 1.22 bits per heavy atom. The van der Waals surface area contributed by atoms with Crippen molar-refractivity contribution < 1.29 is 23.7 Å². The first kappa shape index (κ1) is 25.3. The second kappa shape index (κ2) is 10.2. The van der Waals surface area contributed by atoms with Crippen molar-refractivity contribution in [3.63, 3.8) is 0 Å². The van der Waals surface area contributed by atoms with Gasteiger partial charge in [-0.05, 0) is 100 Å². The fourth-order valence-electron chi connectivity index (χ4n) is 4.20. The number of aromatic nitrogens is 1. The summed E-state index contributed by atoms with van der Waals surface area (Å²) in [5.74, 6) is 1.48. The first-order chi connectivity index (χ1) is 17.3. The van der Waals surface area contributed by atoms with Gasteiger partial charge in [-0.25, -0.2) is 9.79 Å². The molecule has 2 aromatic carbocycles. The first-order valence-electron chi connectivity index (χ1n) is 10.9. The van der Waals surface area contributed by atoms with Crippen molar-refractivity contribution in [1.29, 1.82) is 0 Å². The van der Waals surface area contributed by atoms with Crippen LogP contribution < -0.4 is 29.1 Å². The van der Waals surface area contributed by atoms with Gasteiger partial charge in [0.15, 0.2) is 16.3 Å². The number of benzene rings is 2. The number of hydrogen-bond donors (Lipinski definition) is 0. The maximum Gasteiger partial charge on any atom is 0.338 e. The van der Waals surface area contributed by atoms with Crippen molar-refractivity contribution in [2.24, 2.45) is 4.99 Å². The van der Waals surface area contributed by atoms with Gasteiger partial charge in [-0.2, -0.15) is 0 Å². The van der Waals surface area contributed by atoms with E-state index in [1.807, 2.05) is 24.3 Å². The molecule has 5 rings (SSSR count). The number of nitrogens with zero attached hydrogens (tertiary/aromatic N) is 2. The number of hydrogen-bond acceptors (Lipinski definition) is 8. The zero-order valence-corrected chi connectivity index (χ0v) is 24.6. The average Bonchev–Trinajstić information content (AvgIpc) is 3.42. The fraction of sp³-hybridized carbons (Fsp3) is 0.240. The van der Waals surface area contributed by atoms with Gasteiger partial charge in [0.25, 0.3) is 5.56 Å². The summed E-state index contributed by atoms with van der Waals surface area (Å²) in [6.45, 7) is 3.84. The van der Waals surface area contributed by atoms with Gasteiger partial charge < -0.3 is 18.9 Å². The maximum absolute atomic E-state index is 13.8. The van der Waals surface area contributed by atoms with Crippen LogP contribution in [0, 0.1) is 7.14 Å². The van der Waals surface area contributed by atoms with E-state index in [4.69, 9.17) is 18.9 Å². The molecule has 0 saturated carbocycles. The van der Waals surface area contributed by atoms with Crippen molar-refractivity contribution in [1.82, 2.24) is 4.57 Å². The number of fused-ring (bicyclic) bond motifs is 2. The quantitative estimate of drug-likeness (QED) is 0.294. The van der Waals surface area contributed by atoms with Crippen LogP contribution in [0.3, 0.4) is 0 Å². The third-order valence-electron chi connectivity index (χ3n) is 5.75. The lowest BCUT2D eigenvalue weighted by molar-refractivity contribution is -0.139. The molecule has 1 aromatic heterocycles. The van der Waals surface area contributed by atoms with Crippen molar-refractivity contribution in [2.45, 2.75) is 19.9 Å². The van der Waals surface area contributed by atoms with E-state index in [2.05, 4.69) is 50.2 Å². The van der Waals surface area contributed by atoms with Crippen LogP contribution in [0.5, 0.6) is 17.2 Å². The highest BCUT2D eigenvalue weighted by molar-refractivity contribution is 14.1. The minimum Gasteiger partial charge on any atom is -0.495 e. The van der Waals surface area contributed by atoms with E-state index in [1.165, 1.54) is 11.3 Å². The van der Waals surface area contributed by atoms with Gasteiger partial charge in [0.05, 0.1) is 42.7 Å². The summed E-state index contributed by atoms with van der Waals surface area (Å²) in [6.07, 6.45) is 1.84. The maximum atomic E-state index is 13.8. The molecule has 1 atom stereocenters. The van der Waals surface area contributed by atoms with E-state index in [-0.39, 0.29) is 19.0 Å². The fourth-order valence-corrected chi connectivity index (χ4v) is 7.50. The van der Waals surface area contributed by atoms with Crippen LogP contribution in [0.2, 0.25) is 0 Å². The lowest BCUT2D eigenvalue weighted by Gasteiger charge is -2.24. The molecule has 186 valence electrons. The number of rotatable bonds is 5. The normalized spacial score (nSPS) is 16.6. The van der Waals surface area contributed by atoms with Gasteiger partial charge in [0, 0.05) is 0 Å². The summed E-state index contributed by atoms with van der Waals surface area (Å²) >= 11 is 5.72. The molecule has 0 bridgehead atoms. The highest BCUT2D eigenvalue weighted by Crippen LogP contribution is 2.38. The van der Waals surface area contributed by atoms with Crippen molar-refractivity contribution in [3.05, 3.63) is 79.6 Å². The van der Waals surface area contributed by atoms with Gasteiger partial charge in [-0.3, -0.25) is 9.36 Å². The van der Waals surface area contributed by atoms with Gasteiger partial charge >= 0.3 is 5.97 Å². The summed E-state index contributed by atoms with van der Waals surface area (Å²) < 4.78 is 25.8. The Balaban J connectivity index is 1.71. The van der Waals surface area contributed by atoms with Crippen molar-refractivity contribution in [3.8, 4) is 17.2 Å². The van der Waals surface area contributed by atoms with E-state index >= 15 is 0 Å². The Kier molecular flexibility index (Phi) is 7.14. The predicted molar refractivity (Wildman–Crippen MR) is 151 cm³/mol. The molecule has 11 heteroatoms. The molecule has 3 heterocycles. The average molecular weight is 730 g/mol. The van der Waals surface area contributed by atoms with Crippen LogP contribution in [0.15, 0.2) is 51.4 Å². The summed E-state index contributed by atoms with van der Waals surface area (Å²) in [5, 5.41) is 0. The highest BCUT2D eigenvalue weighted by Gasteiger charge is 2.34. The topological polar surface area (TPSA) is 88.4 Å². The molecule has 0 fully saturated rings. The van der Waals surface area contributed by atoms with E-state index in [9.17, 15) is 9.59 Å². The summed E-state index contributed by atoms with van der Waals surface area (Å²) in [6, 6.07) is 8.63. The molecule has 0 N–H and O–H groups in total. The molecule has 2 aliphatic heterocycles. The molecule has 3 aromatic rings. The summed E-state index contributed by atoms with van der Waals surface area (Å²) in [5.41, 5.74) is 2.17. The zero-order chi connectivity index (χ0) is 25.6. The van der Waals surface area contributed by atoms with E-state index in [0.29, 0.717) is 37.7 Å². The monoisotopic (exact) mass is 730 g/mol. The lowest BCUT2D eigenvalue weighted by Crippen LogP contribution is -2.39. The first-order valence-corrected chi connectivity index (χ1v) is 13.9. The van der Waals surface area contributed by atoms with E-state index < -0.39 is 12.0 Å². The SMILES string of the molecule is CCOC(=O)C1=C(C)N=c2s/c(=C\c3cc(I)c(OC)c(I)c3)c(=O)n2[C@H]1c1ccc2c(c1)OCO2. The third-order valence-corrected chi connectivity index (χ3v) is 8.34. The molecule has 0 aliphatic carbocycles. The standard InChI is InChI=1S/C25H20I2N2O6S/c1-4-33-24(31)20-12(2)28-25-29(21(20)14-5-6-17-18(10-14)35-11-34-17)23(30)19(36-25)9-13-7-15(26)22(32-3)16(27)8-13/h5-10,21H,4,11H2,1-3H3/b19-9-/t21-/m0/s1. The molecular formula is C25H20I2N2O6S. The predicted octanol–water partition coefficient (Wildman–Crippen LogP) is 3.74. The summed E-state index contributed by atoms with van der Waals surface area (Å²) in [4.78, 5) is 32.0. The molecular weight excluding hydrogens is 710 g/mol. The molecule has 2 aliphatic rings. The highest BCUT2D eigenvalue weighted by atomic mass is 127. The smallest absolute Gasteiger partial charge is 0.338 e. The number of halogens is 2. The zero-order valence-electron chi connectivity index (χ0n) is 19.5. The van der Waals surface area contributed by atoms with Gasteiger partial charge in [0.1, 0.15) is 5.75 Å². The number of methoxy groups -OCH3 is 1. The Morgan fingerprint density at radius 2 is 1.94 bits per heavy atom. The largest absolute Gasteiger partial charge is 0.495 e. The van der Waals surface area contributed by atoms with Crippen LogP contribution >= 0.6 is 56.5 Å². The number of thiazole rings is 1. The summed E-state index contributed by atoms with van der Waals surface area (Å²) in [7, 11) is 1.64. The Morgan fingerprint density at radius 3 is 2.64 bits per heavy atom. The number of carbonyl (C=O) groups is 1. The molecule has 0 spiro atoms. The van der Waals surface area contributed by atoms with Crippen LogP contribution in [-0.4, -0.2) is 31.0 Å². The van der Waals surface area contributed by atoms with E-state index in [1.54, 1.807) is 37.7 Å². The van der Waals surface area contributed by atoms with Gasteiger partial charge in [0.2, 0.25) is 6.79 Å². The minimum absolute atomic E-state index is 0.126. The van der Waals surface area contributed by atoms with Crippen LogP contribution in [0.25, 0.3) is 6.08 Å². The molecule has 0 amide bonds. The third kappa shape index (κ3) is 4.45. The van der Waals surface area contributed by atoms with Gasteiger partial charge in [-0.15, -0.1) is 0 Å². The van der Waals surface area contributed by atoms with Crippen LogP contribution in [0.4, 0.5) is 0 Å². The Hall–Kier alpha value is -2.39. The van der Waals surface area contributed by atoms with Gasteiger partial charge in [-0.1, -0.05) is 17.4 Å². The lowest BCUT2D eigenvalue weighted by atomic mass is 9.95. The number of carbonyl (C=O) groups excluding carboxylic acids is 1. The molecule has 0 saturated heterocycles. The van der Waals surface area contributed by atoms with Crippen LogP contribution in [-0.2, 0) is 9.53 Å². The molecule has 36 heavy (non-hydrogen) atoms. The Labute approximate surface area is 237 Å². The van der Waals surface area contributed by atoms with Crippen molar-refractivity contribution in [2.75, 3.05) is 20.5 Å². The number of esters is 1. The minimum atomic E-state index is -0.715. The second-order valence-electron chi connectivity index (χ2n) is 7.93. The van der Waals surface area contributed by atoms with Crippen molar-refractivity contribution >= 4 is 68.6 Å². The second-order valence-corrected chi connectivity index (χ2v) is 11.3. The number of allylic oxidation sites excluding steroid dienone is 1. The molecule has 0 unspecified atom stereocenters. The van der Waals surface area contributed by atoms with Crippen LogP contribution in [0.1, 0.15) is 31.0 Å². The van der Waals surface area contributed by atoms with E-state index in [0.717, 1.165) is 18.5 Å². The Bertz CT molecular complexity index is 1580. The molecule has 0 radical (unpaired) electrons.